The molecule has 4 heteroatoms. The summed E-state index contributed by atoms with van der Waals surface area (Å²) < 4.78 is 5.45. The number of nitrogens with two attached hydrogens (primary N) is 1. The van der Waals surface area contributed by atoms with Crippen molar-refractivity contribution in [3.8, 4) is 11.3 Å². The Kier molecular flexibility index (Phi) is 3.85. The molecule has 106 valence electrons. The van der Waals surface area contributed by atoms with Gasteiger partial charge in [-0.1, -0.05) is 35.5 Å². The van der Waals surface area contributed by atoms with Crippen LogP contribution in [0.15, 0.2) is 40.9 Å². The van der Waals surface area contributed by atoms with E-state index in [1.165, 1.54) is 6.42 Å². The second-order valence-corrected chi connectivity index (χ2v) is 5.69. The van der Waals surface area contributed by atoms with Crippen molar-refractivity contribution in [1.82, 2.24) is 10.1 Å². The minimum Gasteiger partial charge on any atom is -0.359 e. The van der Waals surface area contributed by atoms with Gasteiger partial charge in [-0.15, -0.1) is 0 Å². The van der Waals surface area contributed by atoms with Crippen molar-refractivity contribution in [2.24, 2.45) is 11.7 Å². The van der Waals surface area contributed by atoms with Gasteiger partial charge in [0.25, 0.3) is 0 Å². The molecule has 2 aromatic rings. The van der Waals surface area contributed by atoms with Gasteiger partial charge in [-0.25, -0.2) is 0 Å². The number of benzene rings is 1. The van der Waals surface area contributed by atoms with E-state index in [2.05, 4.69) is 17.0 Å². The molecule has 1 aromatic heterocycles. The molecule has 0 spiro atoms. The summed E-state index contributed by atoms with van der Waals surface area (Å²) in [4.78, 5) is 2.39. The van der Waals surface area contributed by atoms with Crippen LogP contribution in [0.4, 0.5) is 0 Å². The van der Waals surface area contributed by atoms with Crippen LogP contribution in [-0.2, 0) is 6.54 Å². The number of hydrogen-bond acceptors (Lipinski definition) is 4. The maximum Gasteiger partial charge on any atom is 0.151 e. The lowest BCUT2D eigenvalue weighted by Gasteiger charge is -2.16. The predicted octanol–water partition coefficient (Wildman–Crippen LogP) is 2.51. The normalized spacial score (nSPS) is 21.2. The zero-order chi connectivity index (χ0) is 13.9. The molecule has 0 amide bonds. The zero-order valence-corrected chi connectivity index (χ0v) is 11.8. The van der Waals surface area contributed by atoms with Gasteiger partial charge >= 0.3 is 0 Å². The lowest BCUT2D eigenvalue weighted by Crippen LogP contribution is -2.29. The molecule has 1 aliphatic rings. The van der Waals surface area contributed by atoms with Crippen LogP contribution >= 0.6 is 0 Å². The van der Waals surface area contributed by atoms with Crippen molar-refractivity contribution in [2.45, 2.75) is 25.9 Å². The lowest BCUT2D eigenvalue weighted by molar-refractivity contribution is 0.262. The summed E-state index contributed by atoms with van der Waals surface area (Å²) in [6, 6.07) is 12.4. The number of hydrogen-bond donors (Lipinski definition) is 1. The van der Waals surface area contributed by atoms with E-state index in [4.69, 9.17) is 10.3 Å². The van der Waals surface area contributed by atoms with Crippen LogP contribution in [0, 0.1) is 5.92 Å². The molecule has 1 aromatic carbocycles. The fourth-order valence-corrected chi connectivity index (χ4v) is 2.79. The Morgan fingerprint density at radius 1 is 1.40 bits per heavy atom. The number of nitrogens with zero attached hydrogens (tertiary/aromatic N) is 2. The average molecular weight is 271 g/mol. The summed E-state index contributed by atoms with van der Waals surface area (Å²) in [5.74, 6) is 1.53. The van der Waals surface area contributed by atoms with Crippen molar-refractivity contribution < 1.29 is 4.52 Å². The predicted molar refractivity (Wildman–Crippen MR) is 79.0 cm³/mol. The maximum absolute atomic E-state index is 5.97. The molecule has 2 atom stereocenters. The minimum atomic E-state index is 0.273. The smallest absolute Gasteiger partial charge is 0.151 e. The Labute approximate surface area is 119 Å². The first-order valence-electron chi connectivity index (χ1n) is 7.21. The summed E-state index contributed by atoms with van der Waals surface area (Å²) >= 11 is 0. The van der Waals surface area contributed by atoms with Crippen molar-refractivity contribution >= 4 is 0 Å². The van der Waals surface area contributed by atoms with Crippen molar-refractivity contribution in [3.63, 3.8) is 0 Å². The highest BCUT2D eigenvalue weighted by molar-refractivity contribution is 5.58. The van der Waals surface area contributed by atoms with Gasteiger partial charge in [0.05, 0.1) is 6.54 Å². The summed E-state index contributed by atoms with van der Waals surface area (Å²) in [7, 11) is 0. The number of likely N-dealkylation sites (tertiary alicyclic amines) is 1. The van der Waals surface area contributed by atoms with Gasteiger partial charge < -0.3 is 10.3 Å². The molecule has 2 heterocycles. The highest BCUT2D eigenvalue weighted by Crippen LogP contribution is 2.23. The van der Waals surface area contributed by atoms with Gasteiger partial charge in [0.15, 0.2) is 5.76 Å². The Hall–Kier alpha value is -1.65. The van der Waals surface area contributed by atoms with Crippen LogP contribution in [0.2, 0.25) is 0 Å². The highest BCUT2D eigenvalue weighted by Gasteiger charge is 2.25. The average Bonchev–Trinajstić information content (AvgIpc) is 3.10. The molecule has 0 radical (unpaired) electrons. The molecule has 0 bridgehead atoms. The van der Waals surface area contributed by atoms with Crippen LogP contribution in [0.1, 0.15) is 19.1 Å². The number of rotatable bonds is 4. The van der Waals surface area contributed by atoms with Gasteiger partial charge in [0.1, 0.15) is 5.69 Å². The summed E-state index contributed by atoms with van der Waals surface area (Å²) in [5.41, 5.74) is 7.97. The van der Waals surface area contributed by atoms with E-state index < -0.39 is 0 Å². The Morgan fingerprint density at radius 3 is 2.90 bits per heavy atom. The Balaban J connectivity index is 1.64. The van der Waals surface area contributed by atoms with Crippen LogP contribution in [-0.4, -0.2) is 29.2 Å². The van der Waals surface area contributed by atoms with Gasteiger partial charge in [-0.2, -0.15) is 0 Å². The third-order valence-corrected chi connectivity index (χ3v) is 4.06. The molecule has 20 heavy (non-hydrogen) atoms. The van der Waals surface area contributed by atoms with E-state index >= 15 is 0 Å². The third-order valence-electron chi connectivity index (χ3n) is 4.06. The largest absolute Gasteiger partial charge is 0.359 e. The lowest BCUT2D eigenvalue weighted by atomic mass is 10.0. The first kappa shape index (κ1) is 13.3. The molecule has 2 N–H and O–H groups in total. The van der Waals surface area contributed by atoms with E-state index in [0.29, 0.717) is 5.92 Å². The van der Waals surface area contributed by atoms with Crippen LogP contribution in [0.25, 0.3) is 11.3 Å². The van der Waals surface area contributed by atoms with Crippen LogP contribution in [0.5, 0.6) is 0 Å². The first-order valence-corrected chi connectivity index (χ1v) is 7.21. The maximum atomic E-state index is 5.97. The topological polar surface area (TPSA) is 55.3 Å². The Morgan fingerprint density at radius 2 is 2.20 bits per heavy atom. The van der Waals surface area contributed by atoms with Crippen LogP contribution < -0.4 is 5.73 Å². The van der Waals surface area contributed by atoms with E-state index in [9.17, 15) is 0 Å². The highest BCUT2D eigenvalue weighted by atomic mass is 16.5. The van der Waals surface area contributed by atoms with Crippen molar-refractivity contribution in [3.05, 3.63) is 42.2 Å². The SMILES string of the molecule is CC(N)C1CCN(Cc2cc(-c3ccccc3)no2)C1. The van der Waals surface area contributed by atoms with E-state index in [1.807, 2.05) is 36.4 Å². The second-order valence-electron chi connectivity index (χ2n) is 5.69. The number of aromatic nitrogens is 1. The molecular weight excluding hydrogens is 250 g/mol. The van der Waals surface area contributed by atoms with Crippen LogP contribution in [0.3, 0.4) is 0 Å². The van der Waals surface area contributed by atoms with E-state index in [-0.39, 0.29) is 6.04 Å². The molecule has 1 fully saturated rings. The summed E-state index contributed by atoms with van der Waals surface area (Å²) in [6.07, 6.45) is 1.18. The molecule has 0 saturated carbocycles. The van der Waals surface area contributed by atoms with Crippen molar-refractivity contribution in [2.75, 3.05) is 13.1 Å². The molecule has 2 unspecified atom stereocenters. The van der Waals surface area contributed by atoms with Crippen molar-refractivity contribution in [1.29, 1.82) is 0 Å². The Bertz CT molecular complexity index is 550. The minimum absolute atomic E-state index is 0.273. The fraction of sp³-hybridized carbons (Fsp3) is 0.438. The van der Waals surface area contributed by atoms with Gasteiger partial charge in [-0.3, -0.25) is 4.90 Å². The summed E-state index contributed by atoms with van der Waals surface area (Å²) in [5, 5.41) is 4.16. The fourth-order valence-electron chi connectivity index (χ4n) is 2.79. The van der Waals surface area contributed by atoms with Gasteiger partial charge in [0.2, 0.25) is 0 Å². The standard InChI is InChI=1S/C16H21N3O/c1-12(17)14-7-8-19(10-14)11-15-9-16(18-20-15)13-5-3-2-4-6-13/h2-6,9,12,14H,7-8,10-11,17H2,1H3. The summed E-state index contributed by atoms with van der Waals surface area (Å²) in [6.45, 7) is 5.06. The van der Waals surface area contributed by atoms with E-state index in [1.54, 1.807) is 0 Å². The molecule has 4 nitrogen and oxygen atoms in total. The molecular formula is C16H21N3O. The van der Waals surface area contributed by atoms with Gasteiger partial charge in [-0.05, 0) is 25.8 Å². The molecule has 0 aliphatic carbocycles. The zero-order valence-electron chi connectivity index (χ0n) is 11.8. The molecule has 3 rings (SSSR count). The quantitative estimate of drug-likeness (QED) is 0.928. The molecule has 1 saturated heterocycles. The first-order chi connectivity index (χ1) is 9.72. The van der Waals surface area contributed by atoms with Gasteiger partial charge in [0, 0.05) is 24.2 Å². The molecule has 1 aliphatic heterocycles. The van der Waals surface area contributed by atoms with E-state index in [0.717, 1.165) is 36.7 Å². The third kappa shape index (κ3) is 2.92. The monoisotopic (exact) mass is 271 g/mol. The second kappa shape index (κ2) is 5.77.